The summed E-state index contributed by atoms with van der Waals surface area (Å²) in [5, 5.41) is 0. The Balaban J connectivity index is 2.24. The Hall–Kier alpha value is -1.16. The molecule has 0 bridgehead atoms. The van der Waals surface area contributed by atoms with E-state index in [9.17, 15) is 4.79 Å². The van der Waals surface area contributed by atoms with Crippen molar-refractivity contribution in [2.45, 2.75) is 12.8 Å². The molecule has 17 heavy (non-hydrogen) atoms. The van der Waals surface area contributed by atoms with Gasteiger partial charge in [-0.1, -0.05) is 36.4 Å². The van der Waals surface area contributed by atoms with E-state index < -0.39 is 0 Å². The van der Waals surface area contributed by atoms with Crippen molar-refractivity contribution >= 4 is 28.4 Å². The van der Waals surface area contributed by atoms with Crippen LogP contribution in [0.15, 0.2) is 42.5 Å². The number of fused-ring (bicyclic) bond motifs is 2. The molecule has 0 aliphatic heterocycles. The molecule has 0 saturated carbocycles. The van der Waals surface area contributed by atoms with Gasteiger partial charge in [0, 0.05) is 14.7 Å². The van der Waals surface area contributed by atoms with Gasteiger partial charge in [-0.15, -0.1) is 0 Å². The van der Waals surface area contributed by atoms with Gasteiger partial charge in [0.05, 0.1) is 0 Å². The van der Waals surface area contributed by atoms with Crippen LogP contribution in [-0.2, 0) is 12.8 Å². The number of aryl methyl sites for hydroxylation is 1. The minimum absolute atomic E-state index is 0.173. The average Bonchev–Trinajstić information content (AvgIpc) is 2.50. The van der Waals surface area contributed by atoms with Crippen LogP contribution >= 0.6 is 22.6 Å². The number of hydrogen-bond donors (Lipinski definition) is 0. The highest BCUT2D eigenvalue weighted by atomic mass is 127. The summed E-state index contributed by atoms with van der Waals surface area (Å²) in [6.07, 6.45) is 1.91. The minimum Gasteiger partial charge on any atom is -0.289 e. The highest BCUT2D eigenvalue weighted by molar-refractivity contribution is 14.1. The van der Waals surface area contributed by atoms with E-state index in [2.05, 4.69) is 34.7 Å². The van der Waals surface area contributed by atoms with Crippen LogP contribution in [-0.4, -0.2) is 5.78 Å². The summed E-state index contributed by atoms with van der Waals surface area (Å²) in [6.45, 7) is 0. The molecule has 0 heterocycles. The first-order valence-electron chi connectivity index (χ1n) is 5.67. The van der Waals surface area contributed by atoms with E-state index in [1.165, 1.54) is 14.7 Å². The van der Waals surface area contributed by atoms with E-state index in [0.29, 0.717) is 0 Å². The third-order valence-electron chi connectivity index (χ3n) is 3.27. The third kappa shape index (κ3) is 1.80. The standard InChI is InChI=1S/C15H11IO/c16-14-7-3-6-13-12(14)9-8-10-4-1-2-5-11(10)15(13)17/h1-7H,8-9H2. The highest BCUT2D eigenvalue weighted by Gasteiger charge is 2.21. The molecule has 1 aliphatic carbocycles. The van der Waals surface area contributed by atoms with E-state index in [1.54, 1.807) is 0 Å². The molecule has 2 heteroatoms. The van der Waals surface area contributed by atoms with Crippen LogP contribution in [0.1, 0.15) is 27.0 Å². The van der Waals surface area contributed by atoms with Crippen LogP contribution in [0.5, 0.6) is 0 Å². The van der Waals surface area contributed by atoms with Gasteiger partial charge in [0.1, 0.15) is 0 Å². The lowest BCUT2D eigenvalue weighted by atomic mass is 9.99. The van der Waals surface area contributed by atoms with Crippen LogP contribution in [0, 0.1) is 3.57 Å². The molecular formula is C15H11IO. The molecule has 3 rings (SSSR count). The summed E-state index contributed by atoms with van der Waals surface area (Å²) in [4.78, 5) is 12.5. The second-order valence-electron chi connectivity index (χ2n) is 4.25. The van der Waals surface area contributed by atoms with Crippen molar-refractivity contribution in [2.75, 3.05) is 0 Å². The third-order valence-corrected chi connectivity index (χ3v) is 4.28. The quantitative estimate of drug-likeness (QED) is 0.673. The Bertz CT molecular complexity index is 602. The molecule has 2 aromatic carbocycles. The van der Waals surface area contributed by atoms with Crippen molar-refractivity contribution < 1.29 is 4.79 Å². The smallest absolute Gasteiger partial charge is 0.193 e. The minimum atomic E-state index is 0.173. The molecule has 0 spiro atoms. The van der Waals surface area contributed by atoms with Crippen molar-refractivity contribution in [1.82, 2.24) is 0 Å². The molecule has 0 unspecified atom stereocenters. The van der Waals surface area contributed by atoms with E-state index in [-0.39, 0.29) is 5.78 Å². The maximum atomic E-state index is 12.5. The van der Waals surface area contributed by atoms with Crippen LogP contribution in [0.4, 0.5) is 0 Å². The Morgan fingerprint density at radius 2 is 1.65 bits per heavy atom. The van der Waals surface area contributed by atoms with Crippen LogP contribution < -0.4 is 0 Å². The molecule has 0 fully saturated rings. The normalized spacial score (nSPS) is 13.8. The largest absolute Gasteiger partial charge is 0.289 e. The zero-order chi connectivity index (χ0) is 11.8. The van der Waals surface area contributed by atoms with E-state index in [1.807, 2.05) is 30.3 Å². The monoisotopic (exact) mass is 334 g/mol. The van der Waals surface area contributed by atoms with Crippen molar-refractivity contribution in [1.29, 1.82) is 0 Å². The van der Waals surface area contributed by atoms with Gasteiger partial charge in [0.2, 0.25) is 0 Å². The zero-order valence-corrected chi connectivity index (χ0v) is 11.4. The number of hydrogen-bond acceptors (Lipinski definition) is 1. The molecule has 0 radical (unpaired) electrons. The summed E-state index contributed by atoms with van der Waals surface area (Å²) >= 11 is 2.32. The first-order chi connectivity index (χ1) is 8.27. The highest BCUT2D eigenvalue weighted by Crippen LogP contribution is 2.27. The second-order valence-corrected chi connectivity index (χ2v) is 5.41. The predicted octanol–water partition coefficient (Wildman–Crippen LogP) is 3.62. The SMILES string of the molecule is O=C1c2ccccc2CCc2c(I)cccc21. The molecule has 0 saturated heterocycles. The van der Waals surface area contributed by atoms with Gasteiger partial charge in [0.25, 0.3) is 0 Å². The molecule has 2 aromatic rings. The summed E-state index contributed by atoms with van der Waals surface area (Å²) in [6, 6.07) is 13.9. The Kier molecular flexibility index (Phi) is 2.74. The van der Waals surface area contributed by atoms with Gasteiger partial charge in [0.15, 0.2) is 5.78 Å². The summed E-state index contributed by atoms with van der Waals surface area (Å²) in [5.41, 5.74) is 4.12. The van der Waals surface area contributed by atoms with Gasteiger partial charge >= 0.3 is 0 Å². The first kappa shape index (κ1) is 11.0. The number of benzene rings is 2. The lowest BCUT2D eigenvalue weighted by Crippen LogP contribution is -2.04. The van der Waals surface area contributed by atoms with Gasteiger partial charge in [-0.2, -0.15) is 0 Å². The summed E-state index contributed by atoms with van der Waals surface area (Å²) in [5.74, 6) is 0.173. The lowest BCUT2D eigenvalue weighted by Gasteiger charge is -2.06. The van der Waals surface area contributed by atoms with Crippen molar-refractivity contribution in [3.05, 3.63) is 68.3 Å². The maximum Gasteiger partial charge on any atom is 0.193 e. The van der Waals surface area contributed by atoms with Gasteiger partial charge in [-0.25, -0.2) is 0 Å². The van der Waals surface area contributed by atoms with Crippen molar-refractivity contribution in [3.8, 4) is 0 Å². The summed E-state index contributed by atoms with van der Waals surface area (Å²) < 4.78 is 1.20. The second kappa shape index (κ2) is 4.26. The molecule has 0 aromatic heterocycles. The topological polar surface area (TPSA) is 17.1 Å². The fourth-order valence-corrected chi connectivity index (χ4v) is 3.16. The number of carbonyl (C=O) groups excluding carboxylic acids is 1. The van der Waals surface area contributed by atoms with E-state index in [4.69, 9.17) is 0 Å². The Labute approximate surface area is 114 Å². The number of rotatable bonds is 0. The molecule has 0 atom stereocenters. The maximum absolute atomic E-state index is 12.5. The van der Waals surface area contributed by atoms with Crippen molar-refractivity contribution in [3.63, 3.8) is 0 Å². The number of ketones is 1. The Morgan fingerprint density at radius 3 is 2.53 bits per heavy atom. The fraction of sp³-hybridized carbons (Fsp3) is 0.133. The van der Waals surface area contributed by atoms with Crippen LogP contribution in [0.25, 0.3) is 0 Å². The average molecular weight is 334 g/mol. The lowest BCUT2D eigenvalue weighted by molar-refractivity contribution is 0.103. The predicted molar refractivity (Wildman–Crippen MR) is 76.4 cm³/mol. The van der Waals surface area contributed by atoms with Crippen molar-refractivity contribution in [2.24, 2.45) is 0 Å². The molecule has 84 valence electrons. The van der Waals surface area contributed by atoms with Crippen LogP contribution in [0.2, 0.25) is 0 Å². The zero-order valence-electron chi connectivity index (χ0n) is 9.24. The fourth-order valence-electron chi connectivity index (χ4n) is 2.39. The molecule has 1 aliphatic rings. The van der Waals surface area contributed by atoms with Gasteiger partial charge in [-0.3, -0.25) is 4.79 Å². The van der Waals surface area contributed by atoms with Crippen LogP contribution in [0.3, 0.4) is 0 Å². The van der Waals surface area contributed by atoms with E-state index >= 15 is 0 Å². The number of halogens is 1. The Morgan fingerprint density at radius 1 is 0.882 bits per heavy atom. The number of carbonyl (C=O) groups is 1. The van der Waals surface area contributed by atoms with E-state index in [0.717, 1.165) is 24.0 Å². The first-order valence-corrected chi connectivity index (χ1v) is 6.75. The van der Waals surface area contributed by atoms with Gasteiger partial charge in [-0.05, 0) is 52.6 Å². The molecule has 0 N–H and O–H groups in total. The molecule has 0 amide bonds. The molecular weight excluding hydrogens is 323 g/mol. The summed E-state index contributed by atoms with van der Waals surface area (Å²) in [7, 11) is 0. The van der Waals surface area contributed by atoms with Gasteiger partial charge < -0.3 is 0 Å². The molecule has 1 nitrogen and oxygen atoms in total.